The summed E-state index contributed by atoms with van der Waals surface area (Å²) in [5.74, 6) is -0.0701. The monoisotopic (exact) mass is 476 g/mol. The van der Waals surface area contributed by atoms with E-state index in [-0.39, 0.29) is 22.3 Å². The number of amides is 2. The molecule has 3 aliphatic heterocycles. The number of nitrogens with zero attached hydrogens (tertiary/aromatic N) is 4. The molecule has 0 aromatic heterocycles. The van der Waals surface area contributed by atoms with Crippen molar-refractivity contribution in [1.29, 1.82) is 0 Å². The summed E-state index contributed by atoms with van der Waals surface area (Å²) in [7, 11) is -3.69. The van der Waals surface area contributed by atoms with Crippen LogP contribution in [0.2, 0.25) is 0 Å². The molecule has 3 saturated heterocycles. The second kappa shape index (κ2) is 11.0. The fraction of sp³-hybridized carbons (Fsp3) is 0.667. The highest BCUT2D eigenvalue weighted by molar-refractivity contribution is 7.89. The molecular formula is C24H36N4O4S. The summed E-state index contributed by atoms with van der Waals surface area (Å²) in [5.41, 5.74) is 0.247. The van der Waals surface area contributed by atoms with E-state index in [1.54, 1.807) is 29.2 Å². The number of piperazine rings is 1. The Hall–Kier alpha value is -1.97. The zero-order chi connectivity index (χ0) is 23.3. The average Bonchev–Trinajstić information content (AvgIpc) is 3.14. The minimum atomic E-state index is -3.69. The normalized spacial score (nSPS) is 21.6. The average molecular weight is 477 g/mol. The predicted molar refractivity (Wildman–Crippen MR) is 126 cm³/mol. The lowest BCUT2D eigenvalue weighted by molar-refractivity contribution is -0.132. The summed E-state index contributed by atoms with van der Waals surface area (Å²) in [4.78, 5) is 31.9. The number of benzene rings is 1. The summed E-state index contributed by atoms with van der Waals surface area (Å²) in [5, 5.41) is 0. The summed E-state index contributed by atoms with van der Waals surface area (Å²) in [6, 6.07) is 6.57. The quantitative estimate of drug-likeness (QED) is 0.650. The van der Waals surface area contributed by atoms with Gasteiger partial charge in [-0.05, 0) is 37.8 Å². The predicted octanol–water partition coefficient (Wildman–Crippen LogP) is 2.02. The molecule has 0 unspecified atom stereocenters. The van der Waals surface area contributed by atoms with Gasteiger partial charge in [-0.15, -0.1) is 0 Å². The van der Waals surface area contributed by atoms with Gasteiger partial charge in [-0.1, -0.05) is 31.4 Å². The third-order valence-electron chi connectivity index (χ3n) is 7.03. The number of rotatable bonds is 5. The summed E-state index contributed by atoms with van der Waals surface area (Å²) in [6.45, 7) is 5.32. The third kappa shape index (κ3) is 5.75. The fourth-order valence-corrected chi connectivity index (χ4v) is 6.70. The Morgan fingerprint density at radius 2 is 1.27 bits per heavy atom. The number of carbonyl (C=O) groups excluding carboxylic acids is 2. The van der Waals surface area contributed by atoms with Crippen molar-refractivity contribution in [3.63, 3.8) is 0 Å². The first kappa shape index (κ1) is 24.2. The third-order valence-corrected chi connectivity index (χ3v) is 8.98. The molecule has 2 amide bonds. The zero-order valence-corrected chi connectivity index (χ0v) is 20.3. The molecule has 0 radical (unpaired) electrons. The van der Waals surface area contributed by atoms with E-state index < -0.39 is 10.0 Å². The van der Waals surface area contributed by atoms with Crippen LogP contribution in [-0.2, 0) is 14.8 Å². The van der Waals surface area contributed by atoms with Crippen molar-refractivity contribution in [2.45, 2.75) is 49.8 Å². The van der Waals surface area contributed by atoms with Crippen molar-refractivity contribution in [3.05, 3.63) is 29.8 Å². The molecule has 3 aliphatic rings. The maximum atomic E-state index is 13.3. The molecule has 33 heavy (non-hydrogen) atoms. The van der Waals surface area contributed by atoms with E-state index in [1.165, 1.54) is 17.1 Å². The Kier molecular flexibility index (Phi) is 8.03. The molecule has 4 rings (SSSR count). The molecule has 3 fully saturated rings. The van der Waals surface area contributed by atoms with Crippen molar-refractivity contribution in [2.24, 2.45) is 0 Å². The van der Waals surface area contributed by atoms with E-state index in [0.717, 1.165) is 45.2 Å². The first-order valence-electron chi connectivity index (χ1n) is 12.4. The van der Waals surface area contributed by atoms with Crippen LogP contribution in [-0.4, -0.2) is 98.1 Å². The van der Waals surface area contributed by atoms with Gasteiger partial charge in [-0.3, -0.25) is 14.5 Å². The smallest absolute Gasteiger partial charge is 0.255 e. The number of hydrogen-bond donors (Lipinski definition) is 0. The Balaban J connectivity index is 1.38. The molecule has 1 aromatic rings. The first-order valence-corrected chi connectivity index (χ1v) is 13.8. The molecular weight excluding hydrogens is 440 g/mol. The van der Waals surface area contributed by atoms with Crippen molar-refractivity contribution in [3.8, 4) is 0 Å². The van der Waals surface area contributed by atoms with Crippen LogP contribution >= 0.6 is 0 Å². The lowest BCUT2D eigenvalue weighted by Crippen LogP contribution is -2.51. The maximum Gasteiger partial charge on any atom is 0.255 e. The van der Waals surface area contributed by atoms with Crippen LogP contribution in [0.15, 0.2) is 29.2 Å². The van der Waals surface area contributed by atoms with Crippen molar-refractivity contribution >= 4 is 21.8 Å². The summed E-state index contributed by atoms with van der Waals surface area (Å²) >= 11 is 0. The largest absolute Gasteiger partial charge is 0.342 e. The summed E-state index contributed by atoms with van der Waals surface area (Å²) < 4.78 is 28.0. The van der Waals surface area contributed by atoms with E-state index in [1.807, 2.05) is 4.90 Å². The second-order valence-electron chi connectivity index (χ2n) is 9.32. The van der Waals surface area contributed by atoms with Gasteiger partial charge in [0.05, 0.1) is 17.0 Å². The Bertz CT molecular complexity index is 930. The number of piperidine rings is 1. The van der Waals surface area contributed by atoms with Crippen LogP contribution in [0.4, 0.5) is 0 Å². The molecule has 0 N–H and O–H groups in total. The van der Waals surface area contributed by atoms with E-state index in [2.05, 4.69) is 4.90 Å². The fourth-order valence-electron chi connectivity index (χ4n) is 5.00. The molecule has 0 aliphatic carbocycles. The second-order valence-corrected chi connectivity index (χ2v) is 11.2. The Morgan fingerprint density at radius 1 is 0.697 bits per heavy atom. The molecule has 9 heteroatoms. The van der Waals surface area contributed by atoms with Gasteiger partial charge in [0.25, 0.3) is 5.91 Å². The van der Waals surface area contributed by atoms with Gasteiger partial charge >= 0.3 is 0 Å². The standard InChI is InChI=1S/C24H36N4O4S/c29-23(26-12-6-1-2-7-13-26)20-25-16-18-27(19-17-25)24(30)21-10-4-5-11-22(21)33(31,32)28-14-8-3-9-15-28/h4-5,10-11H,1-3,6-9,12-20H2. The van der Waals surface area contributed by atoms with Crippen LogP contribution in [0.3, 0.4) is 0 Å². The van der Waals surface area contributed by atoms with Crippen LogP contribution < -0.4 is 0 Å². The van der Waals surface area contributed by atoms with Gasteiger partial charge < -0.3 is 9.80 Å². The van der Waals surface area contributed by atoms with E-state index in [4.69, 9.17) is 0 Å². The maximum absolute atomic E-state index is 13.3. The highest BCUT2D eigenvalue weighted by atomic mass is 32.2. The van der Waals surface area contributed by atoms with Crippen molar-refractivity contribution < 1.29 is 18.0 Å². The first-order chi connectivity index (χ1) is 16.0. The SMILES string of the molecule is O=C(CN1CCN(C(=O)c2ccccc2S(=O)(=O)N2CCCCC2)CC1)N1CCCCCC1. The zero-order valence-electron chi connectivity index (χ0n) is 19.5. The highest BCUT2D eigenvalue weighted by Crippen LogP contribution is 2.25. The Morgan fingerprint density at radius 3 is 1.94 bits per heavy atom. The Labute approximate surface area is 197 Å². The minimum absolute atomic E-state index is 0.107. The molecule has 8 nitrogen and oxygen atoms in total. The van der Waals surface area contributed by atoms with Gasteiger partial charge in [0.2, 0.25) is 15.9 Å². The van der Waals surface area contributed by atoms with Crippen LogP contribution in [0.1, 0.15) is 55.3 Å². The van der Waals surface area contributed by atoms with Gasteiger partial charge in [-0.25, -0.2) is 8.42 Å². The topological polar surface area (TPSA) is 81.2 Å². The molecule has 0 spiro atoms. The number of likely N-dealkylation sites (tertiary alicyclic amines) is 1. The van der Waals surface area contributed by atoms with E-state index in [9.17, 15) is 18.0 Å². The summed E-state index contributed by atoms with van der Waals surface area (Å²) in [6.07, 6.45) is 7.29. The van der Waals surface area contributed by atoms with Crippen molar-refractivity contribution in [1.82, 2.24) is 19.0 Å². The molecule has 0 atom stereocenters. The van der Waals surface area contributed by atoms with Gasteiger partial charge in [0.15, 0.2) is 0 Å². The lowest BCUT2D eigenvalue weighted by atomic mass is 10.1. The molecule has 1 aromatic carbocycles. The van der Waals surface area contributed by atoms with Gasteiger partial charge in [0, 0.05) is 52.4 Å². The number of sulfonamides is 1. The van der Waals surface area contributed by atoms with E-state index in [0.29, 0.717) is 45.8 Å². The van der Waals surface area contributed by atoms with Crippen molar-refractivity contribution in [2.75, 3.05) is 58.9 Å². The van der Waals surface area contributed by atoms with Crippen LogP contribution in [0, 0.1) is 0 Å². The lowest BCUT2D eigenvalue weighted by Gasteiger charge is -2.35. The van der Waals surface area contributed by atoms with Gasteiger partial charge in [-0.2, -0.15) is 4.31 Å². The van der Waals surface area contributed by atoms with E-state index >= 15 is 0 Å². The molecule has 3 heterocycles. The van der Waals surface area contributed by atoms with Gasteiger partial charge in [0.1, 0.15) is 0 Å². The number of hydrogen-bond acceptors (Lipinski definition) is 5. The molecule has 0 bridgehead atoms. The molecule has 0 saturated carbocycles. The number of carbonyl (C=O) groups is 2. The minimum Gasteiger partial charge on any atom is -0.342 e. The highest BCUT2D eigenvalue weighted by Gasteiger charge is 2.32. The van der Waals surface area contributed by atoms with Crippen LogP contribution in [0.5, 0.6) is 0 Å². The molecule has 182 valence electrons. The van der Waals surface area contributed by atoms with Crippen LogP contribution in [0.25, 0.3) is 0 Å².